The summed E-state index contributed by atoms with van der Waals surface area (Å²) in [5.41, 5.74) is 4.33. The van der Waals surface area contributed by atoms with Gasteiger partial charge in [0, 0.05) is 25.2 Å². The first-order chi connectivity index (χ1) is 16.5. The lowest BCUT2D eigenvalue weighted by molar-refractivity contribution is 0.0303. The fraction of sp³-hybridized carbons (Fsp3) is 0.269. The van der Waals surface area contributed by atoms with Crippen LogP contribution < -0.4 is 9.04 Å². The molecule has 176 valence electrons. The second kappa shape index (κ2) is 9.12. The first kappa shape index (κ1) is 22.4. The third-order valence-corrected chi connectivity index (χ3v) is 8.17. The summed E-state index contributed by atoms with van der Waals surface area (Å²) in [5.74, 6) is 0.631. The van der Waals surface area contributed by atoms with Crippen LogP contribution in [0.4, 0.5) is 5.69 Å². The molecule has 0 spiro atoms. The molecule has 1 amide bonds. The number of sulfonamides is 1. The summed E-state index contributed by atoms with van der Waals surface area (Å²) >= 11 is 0. The van der Waals surface area contributed by atoms with E-state index in [9.17, 15) is 13.2 Å². The van der Waals surface area contributed by atoms with E-state index < -0.39 is 10.0 Å². The molecule has 0 N–H and O–H groups in total. The number of morpholine rings is 1. The molecule has 0 saturated carbocycles. The first-order valence-corrected chi connectivity index (χ1v) is 12.7. The fourth-order valence-electron chi connectivity index (χ4n) is 4.43. The molecule has 2 aliphatic heterocycles. The van der Waals surface area contributed by atoms with E-state index >= 15 is 0 Å². The number of amides is 1. The summed E-state index contributed by atoms with van der Waals surface area (Å²) in [6.07, 6.45) is 0.645. The van der Waals surface area contributed by atoms with E-state index in [1.54, 1.807) is 31.4 Å². The van der Waals surface area contributed by atoms with Crippen LogP contribution in [-0.4, -0.2) is 59.2 Å². The Balaban J connectivity index is 1.36. The molecular formula is C26H26N2O5S. The highest BCUT2D eigenvalue weighted by Gasteiger charge is 2.31. The molecule has 0 unspecified atom stereocenters. The molecule has 8 heteroatoms. The van der Waals surface area contributed by atoms with Gasteiger partial charge in [0.1, 0.15) is 5.75 Å². The molecule has 0 atom stereocenters. The van der Waals surface area contributed by atoms with E-state index in [0.29, 0.717) is 56.3 Å². The van der Waals surface area contributed by atoms with Crippen molar-refractivity contribution in [2.24, 2.45) is 0 Å². The smallest absolute Gasteiger partial charge is 0.264 e. The predicted octanol–water partition coefficient (Wildman–Crippen LogP) is 3.59. The van der Waals surface area contributed by atoms with Crippen LogP contribution in [0, 0.1) is 0 Å². The van der Waals surface area contributed by atoms with Crippen LogP contribution >= 0.6 is 0 Å². The van der Waals surface area contributed by atoms with Crippen molar-refractivity contribution in [1.82, 2.24) is 4.90 Å². The zero-order chi connectivity index (χ0) is 23.7. The molecule has 34 heavy (non-hydrogen) atoms. The molecule has 1 saturated heterocycles. The van der Waals surface area contributed by atoms with Crippen molar-refractivity contribution in [3.8, 4) is 16.9 Å². The number of hydrogen-bond donors (Lipinski definition) is 0. The van der Waals surface area contributed by atoms with E-state index in [2.05, 4.69) is 0 Å². The van der Waals surface area contributed by atoms with Crippen molar-refractivity contribution in [3.05, 3.63) is 77.9 Å². The molecule has 3 aromatic carbocycles. The van der Waals surface area contributed by atoms with Crippen LogP contribution in [0.3, 0.4) is 0 Å². The maximum Gasteiger partial charge on any atom is 0.264 e. The van der Waals surface area contributed by atoms with Crippen molar-refractivity contribution in [2.45, 2.75) is 11.3 Å². The minimum atomic E-state index is -3.65. The minimum Gasteiger partial charge on any atom is -0.497 e. The van der Waals surface area contributed by atoms with Gasteiger partial charge < -0.3 is 14.4 Å². The monoisotopic (exact) mass is 478 g/mol. The van der Waals surface area contributed by atoms with Crippen molar-refractivity contribution < 1.29 is 22.7 Å². The average Bonchev–Trinajstić information content (AvgIpc) is 3.33. The van der Waals surface area contributed by atoms with Gasteiger partial charge in [-0.05, 0) is 71.6 Å². The van der Waals surface area contributed by atoms with E-state index in [4.69, 9.17) is 9.47 Å². The number of carbonyl (C=O) groups excluding carboxylic acids is 1. The molecule has 5 rings (SSSR count). The second-order valence-corrected chi connectivity index (χ2v) is 10.2. The zero-order valence-electron chi connectivity index (χ0n) is 18.9. The van der Waals surface area contributed by atoms with Gasteiger partial charge in [-0.2, -0.15) is 0 Å². The summed E-state index contributed by atoms with van der Waals surface area (Å²) in [6.45, 7) is 2.77. The number of rotatable bonds is 5. The molecule has 0 aromatic heterocycles. The van der Waals surface area contributed by atoms with Gasteiger partial charge in [-0.15, -0.1) is 0 Å². The molecule has 1 fully saturated rings. The Bertz CT molecular complexity index is 1300. The average molecular weight is 479 g/mol. The van der Waals surface area contributed by atoms with Crippen molar-refractivity contribution in [3.63, 3.8) is 0 Å². The van der Waals surface area contributed by atoms with Crippen LogP contribution in [0.1, 0.15) is 15.9 Å². The lowest BCUT2D eigenvalue weighted by atomic mass is 10.0. The Morgan fingerprint density at radius 1 is 0.882 bits per heavy atom. The molecule has 7 nitrogen and oxygen atoms in total. The summed E-state index contributed by atoms with van der Waals surface area (Å²) in [5, 5.41) is 0. The van der Waals surface area contributed by atoms with Gasteiger partial charge >= 0.3 is 0 Å². The summed E-state index contributed by atoms with van der Waals surface area (Å²) < 4.78 is 38.4. The van der Waals surface area contributed by atoms with Gasteiger partial charge in [0.05, 0.1) is 30.9 Å². The van der Waals surface area contributed by atoms with E-state index in [0.717, 1.165) is 16.7 Å². The number of fused-ring (bicyclic) bond motifs is 1. The molecule has 3 aromatic rings. The van der Waals surface area contributed by atoms with Crippen LogP contribution in [0.2, 0.25) is 0 Å². The molecule has 2 heterocycles. The molecular weight excluding hydrogens is 452 g/mol. The number of carbonyl (C=O) groups is 1. The van der Waals surface area contributed by atoms with Gasteiger partial charge in [0.2, 0.25) is 0 Å². The largest absolute Gasteiger partial charge is 0.497 e. The number of nitrogens with zero attached hydrogens (tertiary/aromatic N) is 2. The standard InChI is InChI=1S/C26H26N2O5S/c1-32-23-7-9-24(10-8-23)34(30,31)28-13-12-22-18-21(6-11-25(22)28)19-2-4-20(5-3-19)26(29)27-14-16-33-17-15-27/h2-11,18H,12-17H2,1H3. The Hall–Kier alpha value is -3.36. The Morgan fingerprint density at radius 3 is 2.24 bits per heavy atom. The van der Waals surface area contributed by atoms with Crippen LogP contribution in [-0.2, 0) is 21.2 Å². The topological polar surface area (TPSA) is 76.2 Å². The Kier molecular flexibility index (Phi) is 6.02. The fourth-order valence-corrected chi connectivity index (χ4v) is 5.93. The van der Waals surface area contributed by atoms with Gasteiger partial charge in [-0.3, -0.25) is 9.10 Å². The molecule has 0 aliphatic carbocycles. The lowest BCUT2D eigenvalue weighted by Crippen LogP contribution is -2.40. The molecule has 0 bridgehead atoms. The maximum atomic E-state index is 13.2. The summed E-state index contributed by atoms with van der Waals surface area (Å²) in [6, 6.07) is 19.9. The van der Waals surface area contributed by atoms with E-state index in [1.165, 1.54) is 4.31 Å². The van der Waals surface area contributed by atoms with Crippen LogP contribution in [0.25, 0.3) is 11.1 Å². The second-order valence-electron chi connectivity index (χ2n) is 8.33. The highest BCUT2D eigenvalue weighted by molar-refractivity contribution is 7.92. The highest BCUT2D eigenvalue weighted by atomic mass is 32.2. The summed E-state index contributed by atoms with van der Waals surface area (Å²) in [7, 11) is -2.10. The van der Waals surface area contributed by atoms with Crippen LogP contribution in [0.15, 0.2) is 71.6 Å². The predicted molar refractivity (Wildman–Crippen MR) is 130 cm³/mol. The van der Waals surface area contributed by atoms with Crippen LogP contribution in [0.5, 0.6) is 5.75 Å². The van der Waals surface area contributed by atoms with Gasteiger partial charge in [0.15, 0.2) is 0 Å². The number of ether oxygens (including phenoxy) is 2. The van der Waals surface area contributed by atoms with E-state index in [1.807, 2.05) is 47.4 Å². The number of methoxy groups -OCH3 is 1. The zero-order valence-corrected chi connectivity index (χ0v) is 19.8. The Morgan fingerprint density at radius 2 is 1.56 bits per heavy atom. The lowest BCUT2D eigenvalue weighted by Gasteiger charge is -2.26. The number of hydrogen-bond acceptors (Lipinski definition) is 5. The van der Waals surface area contributed by atoms with Gasteiger partial charge in [-0.25, -0.2) is 8.42 Å². The first-order valence-electron chi connectivity index (χ1n) is 11.2. The number of anilines is 1. The van der Waals surface area contributed by atoms with E-state index in [-0.39, 0.29) is 10.8 Å². The highest BCUT2D eigenvalue weighted by Crippen LogP contribution is 2.36. The minimum absolute atomic E-state index is 0.0168. The molecule has 2 aliphatic rings. The quantitative estimate of drug-likeness (QED) is 0.560. The SMILES string of the molecule is COc1ccc(S(=O)(=O)N2CCc3cc(-c4ccc(C(=O)N5CCOCC5)cc4)ccc32)cc1. The van der Waals surface area contributed by atoms with Crippen molar-refractivity contribution in [1.29, 1.82) is 0 Å². The third kappa shape index (κ3) is 4.15. The number of benzene rings is 3. The van der Waals surface area contributed by atoms with Crippen molar-refractivity contribution in [2.75, 3.05) is 44.3 Å². The third-order valence-electron chi connectivity index (χ3n) is 6.34. The van der Waals surface area contributed by atoms with Gasteiger partial charge in [-0.1, -0.05) is 18.2 Å². The normalized spacial score (nSPS) is 15.8. The Labute approximate surface area is 199 Å². The maximum absolute atomic E-state index is 13.2. The summed E-state index contributed by atoms with van der Waals surface area (Å²) in [4.78, 5) is 14.7. The molecule has 0 radical (unpaired) electrons. The van der Waals surface area contributed by atoms with Crippen molar-refractivity contribution >= 4 is 21.6 Å². The van der Waals surface area contributed by atoms with Gasteiger partial charge in [0.25, 0.3) is 15.9 Å².